The maximum absolute atomic E-state index is 8.84. The maximum atomic E-state index is 8.84. The molecule has 0 saturated carbocycles. The summed E-state index contributed by atoms with van der Waals surface area (Å²) in [6.07, 6.45) is 10.3. The molecule has 2 N–H and O–H groups in total. The number of hydrogen-bond donors (Lipinski definition) is 2. The molecule has 0 atom stereocenters. The zero-order valence-electron chi connectivity index (χ0n) is 20.4. The molecular weight excluding hydrogens is 332 g/mol. The van der Waals surface area contributed by atoms with Crippen LogP contribution >= 0.6 is 0 Å². The van der Waals surface area contributed by atoms with Crippen LogP contribution < -0.4 is 5.32 Å². The van der Waals surface area contributed by atoms with Gasteiger partial charge < -0.3 is 15.3 Å². The summed E-state index contributed by atoms with van der Waals surface area (Å²) in [5.41, 5.74) is 0.934. The molecule has 0 aromatic heterocycles. The summed E-state index contributed by atoms with van der Waals surface area (Å²) in [7, 11) is 4.24. The molecule has 0 aliphatic rings. The minimum Gasteiger partial charge on any atom is -0.508 e. The van der Waals surface area contributed by atoms with Crippen LogP contribution in [0.3, 0.4) is 0 Å². The Labute approximate surface area is 172 Å². The molecule has 0 saturated heterocycles. The van der Waals surface area contributed by atoms with Crippen LogP contribution in [0.1, 0.15) is 81.1 Å². The molecule has 0 spiro atoms. The lowest BCUT2D eigenvalue weighted by Crippen LogP contribution is -2.19. The minimum absolute atomic E-state index is 0.276. The van der Waals surface area contributed by atoms with Gasteiger partial charge in [0.2, 0.25) is 0 Å². The van der Waals surface area contributed by atoms with Gasteiger partial charge in [0.25, 0.3) is 0 Å². The van der Waals surface area contributed by atoms with Crippen molar-refractivity contribution in [1.29, 1.82) is 0 Å². The van der Waals surface area contributed by atoms with E-state index >= 15 is 0 Å². The van der Waals surface area contributed by atoms with Crippen LogP contribution in [0.5, 0.6) is 0 Å². The lowest BCUT2D eigenvalue weighted by molar-refractivity contribution is 0.393. The third-order valence-electron chi connectivity index (χ3n) is 3.02. The highest BCUT2D eigenvalue weighted by Gasteiger charge is 1.88. The van der Waals surface area contributed by atoms with Gasteiger partial charge in [-0.15, -0.1) is 0 Å². The van der Waals surface area contributed by atoms with Gasteiger partial charge in [-0.1, -0.05) is 72.6 Å². The molecule has 0 rings (SSSR count). The van der Waals surface area contributed by atoms with E-state index in [9.17, 15) is 0 Å². The first kappa shape index (κ1) is 33.5. The van der Waals surface area contributed by atoms with Crippen molar-refractivity contribution in [1.82, 2.24) is 10.2 Å². The van der Waals surface area contributed by atoms with E-state index in [0.29, 0.717) is 0 Å². The van der Waals surface area contributed by atoms with Crippen molar-refractivity contribution in [3.8, 4) is 0 Å². The Kier molecular flexibility index (Phi) is 36.9. The number of unbranched alkanes of at least 4 members (excludes halogenated alkanes) is 2. The summed E-state index contributed by atoms with van der Waals surface area (Å²) >= 11 is 0. The molecule has 0 heterocycles. The Morgan fingerprint density at radius 1 is 1.07 bits per heavy atom. The molecule has 0 bridgehead atoms. The number of aliphatic hydroxyl groups is 1. The Morgan fingerprint density at radius 2 is 1.63 bits per heavy atom. The SMILES string of the molecule is C=C(C)/C=C\C(O)=C/C.CC.CCCCCN(C)C.CCCNCC(C)C. The summed E-state index contributed by atoms with van der Waals surface area (Å²) in [5, 5.41) is 12.2. The fraction of sp³-hybridized carbons (Fsp3) is 0.750. The predicted molar refractivity (Wildman–Crippen MR) is 128 cm³/mol. The number of nitrogens with zero attached hydrogens (tertiary/aromatic N) is 1. The number of hydrogen-bond acceptors (Lipinski definition) is 3. The van der Waals surface area contributed by atoms with E-state index in [4.69, 9.17) is 5.11 Å². The van der Waals surface area contributed by atoms with E-state index in [0.717, 1.165) is 24.6 Å². The molecule has 0 aromatic rings. The molecule has 0 fully saturated rings. The van der Waals surface area contributed by atoms with E-state index < -0.39 is 0 Å². The predicted octanol–water partition coefficient (Wildman–Crippen LogP) is 6.99. The fourth-order valence-corrected chi connectivity index (χ4v) is 1.57. The van der Waals surface area contributed by atoms with Gasteiger partial charge in [-0.2, -0.15) is 0 Å². The Bertz CT molecular complexity index is 317. The third-order valence-corrected chi connectivity index (χ3v) is 3.02. The summed E-state index contributed by atoms with van der Waals surface area (Å²) in [6, 6.07) is 0. The van der Waals surface area contributed by atoms with E-state index in [1.807, 2.05) is 20.8 Å². The Morgan fingerprint density at radius 3 is 1.96 bits per heavy atom. The number of rotatable bonds is 10. The molecule has 0 aromatic carbocycles. The molecule has 0 aliphatic carbocycles. The molecule has 0 amide bonds. The van der Waals surface area contributed by atoms with Gasteiger partial charge in [0.1, 0.15) is 5.76 Å². The van der Waals surface area contributed by atoms with Crippen LogP contribution in [0.4, 0.5) is 0 Å². The van der Waals surface area contributed by atoms with E-state index in [-0.39, 0.29) is 5.76 Å². The van der Waals surface area contributed by atoms with Gasteiger partial charge in [0.05, 0.1) is 0 Å². The lowest BCUT2D eigenvalue weighted by atomic mass is 10.2. The summed E-state index contributed by atoms with van der Waals surface area (Å²) in [6.45, 7) is 23.7. The van der Waals surface area contributed by atoms with Crippen molar-refractivity contribution < 1.29 is 5.11 Å². The van der Waals surface area contributed by atoms with Gasteiger partial charge in [0, 0.05) is 0 Å². The van der Waals surface area contributed by atoms with Crippen LogP contribution in [0, 0.1) is 5.92 Å². The van der Waals surface area contributed by atoms with Crippen LogP contribution in [0.25, 0.3) is 0 Å². The molecule has 0 unspecified atom stereocenters. The zero-order chi connectivity index (χ0) is 22.1. The van der Waals surface area contributed by atoms with Crippen molar-refractivity contribution in [3.05, 3.63) is 36.1 Å². The summed E-state index contributed by atoms with van der Waals surface area (Å²) < 4.78 is 0. The molecule has 0 radical (unpaired) electrons. The topological polar surface area (TPSA) is 35.5 Å². The van der Waals surface area contributed by atoms with Crippen molar-refractivity contribution in [2.24, 2.45) is 5.92 Å². The van der Waals surface area contributed by atoms with Gasteiger partial charge in [-0.3, -0.25) is 0 Å². The second kappa shape index (κ2) is 29.7. The van der Waals surface area contributed by atoms with Crippen molar-refractivity contribution in [3.63, 3.8) is 0 Å². The highest BCUT2D eigenvalue weighted by molar-refractivity contribution is 5.19. The molecule has 3 heteroatoms. The number of aliphatic hydroxyl groups excluding tert-OH is 1. The smallest absolute Gasteiger partial charge is 0.111 e. The average Bonchev–Trinajstić information content (AvgIpc) is 2.62. The standard InChI is InChI=1S/C8H12O.2C7H17N.C2H6/c1-4-8(9)6-5-7(2)3;1-4-5-8-6-7(2)3;1-4-5-6-7-8(2)3;1-2/h4-6,9H,2H2,1,3H3;7-8H,4-6H2,1-3H3;4-7H2,1-3H3;1-2H3/b6-5-,8-4+;;;. The first-order chi connectivity index (χ1) is 12.7. The highest BCUT2D eigenvalue weighted by Crippen LogP contribution is 1.94. The van der Waals surface area contributed by atoms with E-state index in [1.165, 1.54) is 32.2 Å². The molecule has 27 heavy (non-hydrogen) atoms. The largest absolute Gasteiger partial charge is 0.508 e. The van der Waals surface area contributed by atoms with Crippen LogP contribution in [0.2, 0.25) is 0 Å². The maximum Gasteiger partial charge on any atom is 0.111 e. The van der Waals surface area contributed by atoms with Gasteiger partial charge >= 0.3 is 0 Å². The fourth-order valence-electron chi connectivity index (χ4n) is 1.57. The first-order valence-electron chi connectivity index (χ1n) is 10.7. The lowest BCUT2D eigenvalue weighted by Gasteiger charge is -2.06. The number of nitrogens with one attached hydrogen (secondary N) is 1. The zero-order valence-corrected chi connectivity index (χ0v) is 20.4. The van der Waals surface area contributed by atoms with Gasteiger partial charge in [-0.05, 0) is 78.5 Å². The molecule has 164 valence electrons. The second-order valence-corrected chi connectivity index (χ2v) is 7.00. The van der Waals surface area contributed by atoms with Crippen LogP contribution in [0.15, 0.2) is 36.1 Å². The average molecular weight is 385 g/mol. The minimum atomic E-state index is 0.276. The molecule has 0 aliphatic heterocycles. The van der Waals surface area contributed by atoms with E-state index in [2.05, 4.69) is 58.6 Å². The number of allylic oxidation sites excluding steroid dienone is 4. The van der Waals surface area contributed by atoms with Gasteiger partial charge in [-0.25, -0.2) is 0 Å². The van der Waals surface area contributed by atoms with Crippen molar-refractivity contribution >= 4 is 0 Å². The normalized spacial score (nSPS) is 10.6. The van der Waals surface area contributed by atoms with Crippen LogP contribution in [-0.4, -0.2) is 43.7 Å². The first-order valence-corrected chi connectivity index (χ1v) is 10.7. The molecular formula is C24H52N2O. The quantitative estimate of drug-likeness (QED) is 0.242. The van der Waals surface area contributed by atoms with Crippen molar-refractivity contribution in [2.45, 2.75) is 81.1 Å². The monoisotopic (exact) mass is 384 g/mol. The third kappa shape index (κ3) is 51.7. The van der Waals surface area contributed by atoms with Crippen molar-refractivity contribution in [2.75, 3.05) is 33.7 Å². The Hall–Kier alpha value is -1.06. The second-order valence-electron chi connectivity index (χ2n) is 7.00. The summed E-state index contributed by atoms with van der Waals surface area (Å²) in [4.78, 5) is 2.23. The Balaban J connectivity index is -0.000000140. The molecule has 3 nitrogen and oxygen atoms in total. The van der Waals surface area contributed by atoms with Gasteiger partial charge in [0.15, 0.2) is 0 Å². The summed E-state index contributed by atoms with van der Waals surface area (Å²) in [5.74, 6) is 1.07. The highest BCUT2D eigenvalue weighted by atomic mass is 16.3. The van der Waals surface area contributed by atoms with E-state index in [1.54, 1.807) is 25.2 Å². The van der Waals surface area contributed by atoms with Crippen LogP contribution in [-0.2, 0) is 0 Å².